The van der Waals surface area contributed by atoms with Gasteiger partial charge in [0.05, 0.1) is 37.1 Å². The number of benzene rings is 3. The Balaban J connectivity index is 1.46. The van der Waals surface area contributed by atoms with Crippen molar-refractivity contribution in [3.8, 4) is 5.75 Å². The minimum Gasteiger partial charge on any atom is -0.494 e. The summed E-state index contributed by atoms with van der Waals surface area (Å²) in [6.07, 6.45) is 0.516. The zero-order chi connectivity index (χ0) is 32.1. The fourth-order valence-electron chi connectivity index (χ4n) is 7.16. The number of nitrogens with one attached hydrogen (secondary N) is 3. The Labute approximate surface area is 272 Å². The smallest absolute Gasteiger partial charge is 0.242 e. The summed E-state index contributed by atoms with van der Waals surface area (Å²) in [6, 6.07) is 14.0. The van der Waals surface area contributed by atoms with Gasteiger partial charge in [0, 0.05) is 47.5 Å². The number of hydrogen-bond acceptors (Lipinski definition) is 6. The predicted octanol–water partition coefficient (Wildman–Crippen LogP) is 6.37. The van der Waals surface area contributed by atoms with E-state index in [1.54, 1.807) is 43.5 Å². The lowest BCUT2D eigenvalue weighted by molar-refractivity contribution is -0.122. The molecule has 3 heterocycles. The molecule has 3 aromatic carbocycles. The first-order valence-electron chi connectivity index (χ1n) is 15.1. The van der Waals surface area contributed by atoms with Crippen molar-refractivity contribution in [1.29, 1.82) is 0 Å². The zero-order valence-corrected chi connectivity index (χ0v) is 27.2. The predicted molar refractivity (Wildman–Crippen MR) is 175 cm³/mol. The summed E-state index contributed by atoms with van der Waals surface area (Å²) in [5.74, 6) is -1.89. The maximum absolute atomic E-state index is 16.0. The number of morpholine rings is 1. The van der Waals surface area contributed by atoms with Gasteiger partial charge in [0.2, 0.25) is 11.8 Å². The van der Waals surface area contributed by atoms with Gasteiger partial charge in [0.15, 0.2) is 0 Å². The Bertz CT molecular complexity index is 1640. The lowest BCUT2D eigenvalue weighted by atomic mass is 9.62. The molecule has 45 heavy (non-hydrogen) atoms. The first kappa shape index (κ1) is 31.6. The summed E-state index contributed by atoms with van der Waals surface area (Å²) >= 11 is 12.7. The lowest BCUT2D eigenvalue weighted by Gasteiger charge is -2.37. The van der Waals surface area contributed by atoms with Gasteiger partial charge in [0.1, 0.15) is 17.0 Å². The fourth-order valence-corrected chi connectivity index (χ4v) is 7.52. The Morgan fingerprint density at radius 2 is 1.89 bits per heavy atom. The number of carbonyl (C=O) groups is 2. The molecule has 0 bridgehead atoms. The standard InChI is InChI=1S/C34H37Cl2FN4O4/c1-33(2,3)18-27-34(22-10-8-19(35)16-25(22)39-32(34)43)28(21-6-5-7-23(36)29(21)37)30(40-27)31(42)38-24-11-9-20(17-26(24)44-4)41-12-14-45-15-13-41/h5-11,16-17,27-28,30,40H,12-15,18H2,1-4H3,(H,38,42)(H,39,43)/t27-,28+,30+,34?/m0/s1. The number of ether oxygens (including phenoxy) is 2. The van der Waals surface area contributed by atoms with Crippen LogP contribution in [0.4, 0.5) is 21.5 Å². The number of hydrogen-bond donors (Lipinski definition) is 3. The zero-order valence-electron chi connectivity index (χ0n) is 25.7. The monoisotopic (exact) mass is 654 g/mol. The average Bonchev–Trinajstić information content (AvgIpc) is 3.48. The largest absolute Gasteiger partial charge is 0.494 e. The second-order valence-corrected chi connectivity index (χ2v) is 13.9. The van der Waals surface area contributed by atoms with Crippen LogP contribution in [-0.2, 0) is 19.7 Å². The highest BCUT2D eigenvalue weighted by Gasteiger charge is 2.66. The Kier molecular flexibility index (Phi) is 8.50. The summed E-state index contributed by atoms with van der Waals surface area (Å²) in [7, 11) is 1.55. The van der Waals surface area contributed by atoms with E-state index in [1.807, 2.05) is 12.1 Å². The van der Waals surface area contributed by atoms with Gasteiger partial charge in [-0.2, -0.15) is 0 Å². The molecule has 3 aliphatic heterocycles. The fraction of sp³-hybridized carbons (Fsp3) is 0.412. The average molecular weight is 656 g/mol. The van der Waals surface area contributed by atoms with Gasteiger partial charge in [-0.25, -0.2) is 4.39 Å². The van der Waals surface area contributed by atoms with E-state index in [0.29, 0.717) is 47.3 Å². The van der Waals surface area contributed by atoms with Crippen LogP contribution < -0.4 is 25.6 Å². The summed E-state index contributed by atoms with van der Waals surface area (Å²) < 4.78 is 27.2. The number of amides is 2. The minimum atomic E-state index is -1.34. The van der Waals surface area contributed by atoms with E-state index in [0.717, 1.165) is 18.8 Å². The third-order valence-corrected chi connectivity index (χ3v) is 9.57. The number of rotatable bonds is 6. The summed E-state index contributed by atoms with van der Waals surface area (Å²) in [6.45, 7) is 8.98. The van der Waals surface area contributed by atoms with Gasteiger partial charge < -0.3 is 30.3 Å². The maximum atomic E-state index is 16.0. The molecule has 0 aromatic heterocycles. The number of anilines is 3. The summed E-state index contributed by atoms with van der Waals surface area (Å²) in [5, 5.41) is 9.90. The molecule has 2 fully saturated rings. The number of fused-ring (bicyclic) bond motifs is 2. The van der Waals surface area contributed by atoms with Gasteiger partial charge >= 0.3 is 0 Å². The Morgan fingerprint density at radius 1 is 1.13 bits per heavy atom. The summed E-state index contributed by atoms with van der Waals surface area (Å²) in [4.78, 5) is 30.9. The molecule has 3 aliphatic rings. The van der Waals surface area contributed by atoms with E-state index in [-0.39, 0.29) is 21.9 Å². The van der Waals surface area contributed by atoms with Crippen LogP contribution in [0.5, 0.6) is 5.75 Å². The quantitative estimate of drug-likeness (QED) is 0.286. The molecule has 4 atom stereocenters. The van der Waals surface area contributed by atoms with Crippen molar-refractivity contribution in [1.82, 2.24) is 5.32 Å². The van der Waals surface area contributed by atoms with Crippen molar-refractivity contribution in [2.24, 2.45) is 5.41 Å². The number of methoxy groups -OCH3 is 1. The van der Waals surface area contributed by atoms with E-state index >= 15 is 4.39 Å². The number of halogens is 3. The molecule has 0 radical (unpaired) electrons. The second-order valence-electron chi connectivity index (χ2n) is 13.1. The molecule has 6 rings (SSSR count). The third-order valence-electron chi connectivity index (χ3n) is 9.04. The van der Waals surface area contributed by atoms with E-state index in [1.165, 1.54) is 6.07 Å². The minimum absolute atomic E-state index is 0.0869. The van der Waals surface area contributed by atoms with Crippen LogP contribution in [0.15, 0.2) is 54.6 Å². The van der Waals surface area contributed by atoms with E-state index in [9.17, 15) is 9.59 Å². The van der Waals surface area contributed by atoms with Crippen LogP contribution in [-0.4, -0.2) is 57.3 Å². The van der Waals surface area contributed by atoms with Crippen LogP contribution >= 0.6 is 23.2 Å². The molecule has 3 N–H and O–H groups in total. The van der Waals surface area contributed by atoms with Crippen LogP contribution in [0.3, 0.4) is 0 Å². The lowest BCUT2D eigenvalue weighted by Crippen LogP contribution is -2.49. The first-order chi connectivity index (χ1) is 21.4. The van der Waals surface area contributed by atoms with Crippen LogP contribution in [0.1, 0.15) is 44.2 Å². The van der Waals surface area contributed by atoms with Crippen molar-refractivity contribution in [2.45, 2.75) is 50.6 Å². The Hall–Kier alpha value is -3.37. The molecule has 1 spiro atoms. The first-order valence-corrected chi connectivity index (χ1v) is 15.8. The van der Waals surface area contributed by atoms with Gasteiger partial charge in [-0.3, -0.25) is 9.59 Å². The molecule has 1 unspecified atom stereocenters. The van der Waals surface area contributed by atoms with Crippen molar-refractivity contribution >= 4 is 52.1 Å². The highest BCUT2D eigenvalue weighted by atomic mass is 35.5. The normalized spacial score (nSPS) is 24.5. The molecular formula is C34H37Cl2FN4O4. The highest BCUT2D eigenvalue weighted by Crippen LogP contribution is 2.57. The maximum Gasteiger partial charge on any atom is 0.242 e. The van der Waals surface area contributed by atoms with Gasteiger partial charge in [0.25, 0.3) is 0 Å². The SMILES string of the molecule is COc1cc(N2CCOCC2)ccc1NC(=O)[C@@H]1N[C@@H](CC(C)(C)C)C2(C(=O)Nc3cc(Cl)ccc32)[C@@H]1c1cccc(Cl)c1F. The van der Waals surface area contributed by atoms with Crippen LogP contribution in [0.2, 0.25) is 10.0 Å². The third kappa shape index (κ3) is 5.65. The molecule has 2 amide bonds. The van der Waals surface area contributed by atoms with Gasteiger partial charge in [-0.1, -0.05) is 62.2 Å². The van der Waals surface area contributed by atoms with Crippen LogP contribution in [0, 0.1) is 11.2 Å². The molecule has 238 valence electrons. The molecule has 2 saturated heterocycles. The topological polar surface area (TPSA) is 91.9 Å². The number of carbonyl (C=O) groups excluding carboxylic acids is 2. The van der Waals surface area contributed by atoms with E-state index in [2.05, 4.69) is 41.6 Å². The van der Waals surface area contributed by atoms with Crippen LogP contribution in [0.25, 0.3) is 0 Å². The van der Waals surface area contributed by atoms with Gasteiger partial charge in [-0.15, -0.1) is 0 Å². The molecule has 0 aliphatic carbocycles. The van der Waals surface area contributed by atoms with E-state index < -0.39 is 35.1 Å². The van der Waals surface area contributed by atoms with Gasteiger partial charge in [-0.05, 0) is 53.3 Å². The van der Waals surface area contributed by atoms with Crippen molar-refractivity contribution in [3.05, 3.63) is 81.6 Å². The molecule has 11 heteroatoms. The Morgan fingerprint density at radius 3 is 2.60 bits per heavy atom. The van der Waals surface area contributed by atoms with Crippen molar-refractivity contribution in [3.63, 3.8) is 0 Å². The summed E-state index contributed by atoms with van der Waals surface area (Å²) in [5.41, 5.74) is 1.20. The van der Waals surface area contributed by atoms with E-state index in [4.69, 9.17) is 32.7 Å². The number of nitrogens with zero attached hydrogens (tertiary/aromatic N) is 1. The highest BCUT2D eigenvalue weighted by molar-refractivity contribution is 6.31. The van der Waals surface area contributed by atoms with Crippen molar-refractivity contribution < 1.29 is 23.5 Å². The molecule has 8 nitrogen and oxygen atoms in total. The van der Waals surface area contributed by atoms with Crippen molar-refractivity contribution in [2.75, 3.05) is 48.9 Å². The molecule has 0 saturated carbocycles. The molecule has 3 aromatic rings. The second kappa shape index (κ2) is 12.1. The molecular weight excluding hydrogens is 618 g/mol.